The average molecular weight is 558 g/mol. The van der Waals surface area contributed by atoms with Gasteiger partial charge in [0.25, 0.3) is 0 Å². The molecule has 1 unspecified atom stereocenters. The van der Waals surface area contributed by atoms with E-state index in [0.717, 1.165) is 39.1 Å². The first-order valence-corrected chi connectivity index (χ1v) is 13.4. The number of aliphatic carboxylic acids is 1. The fourth-order valence-corrected chi connectivity index (χ4v) is 4.32. The monoisotopic (exact) mass is 557 g/mol. The summed E-state index contributed by atoms with van der Waals surface area (Å²) in [6.45, 7) is 9.59. The minimum absolute atomic E-state index is 0.000792. The summed E-state index contributed by atoms with van der Waals surface area (Å²) in [6, 6.07) is 15.9. The molecule has 1 heterocycles. The first-order valence-electron chi connectivity index (χ1n) is 13.4. The number of hydrogen-bond donors (Lipinski definition) is 3. The maximum Gasteiger partial charge on any atom is 0.341 e. The summed E-state index contributed by atoms with van der Waals surface area (Å²) in [5.41, 5.74) is 2.41. The van der Waals surface area contributed by atoms with Gasteiger partial charge in [0, 0.05) is 41.5 Å². The lowest BCUT2D eigenvalue weighted by Gasteiger charge is -2.12. The molecule has 1 fully saturated rings. The molecule has 41 heavy (non-hydrogen) atoms. The predicted octanol–water partition coefficient (Wildman–Crippen LogP) is 5.99. The van der Waals surface area contributed by atoms with Crippen molar-refractivity contribution in [3.05, 3.63) is 89.5 Å². The van der Waals surface area contributed by atoms with Gasteiger partial charge < -0.3 is 25.1 Å². The van der Waals surface area contributed by atoms with E-state index in [1.165, 1.54) is 6.21 Å². The molecular weight excluding hydrogens is 522 g/mol. The third kappa shape index (κ3) is 8.54. The van der Waals surface area contributed by atoms with Gasteiger partial charge in [-0.05, 0) is 58.5 Å². The Hall–Kier alpha value is -4.40. The number of carboxylic acid groups (broad SMARTS) is 1. The number of carbonyl (C=O) groups excluding carboxylic acids is 2. The summed E-state index contributed by atoms with van der Waals surface area (Å²) >= 11 is 0. The van der Waals surface area contributed by atoms with Gasteiger partial charge in [-0.2, -0.15) is 0 Å². The first-order chi connectivity index (χ1) is 19.7. The highest BCUT2D eigenvalue weighted by Crippen LogP contribution is 2.31. The summed E-state index contributed by atoms with van der Waals surface area (Å²) in [4.78, 5) is 35.1. The first kappa shape index (κ1) is 31.1. The molecule has 214 valence electrons. The van der Waals surface area contributed by atoms with Crippen LogP contribution < -0.4 is 0 Å². The smallest absolute Gasteiger partial charge is 0.341 e. The standard InChI is InChI=1S/C27H25NO4.C6H10O3/c1-3-7-21(27(30)32-26(29)17(2)12-22-16-31-22)14-20-10-6-9-19-13-18-8-4-5-11-23(18)24(15-28)25(19)20;1-5(6(8)9)3-2-4-7/h4-6,8-11,13-15,22,28H,2-3,7,12,16H2,1H3;7H,1-4H2,(H,8,9). The molecule has 0 radical (unpaired) electrons. The van der Waals surface area contributed by atoms with Gasteiger partial charge in [0.1, 0.15) is 0 Å². The van der Waals surface area contributed by atoms with Crippen molar-refractivity contribution < 1.29 is 34.1 Å². The van der Waals surface area contributed by atoms with Gasteiger partial charge in [-0.15, -0.1) is 0 Å². The lowest BCUT2D eigenvalue weighted by Crippen LogP contribution is -2.16. The van der Waals surface area contributed by atoms with Crippen molar-refractivity contribution in [2.24, 2.45) is 0 Å². The predicted molar refractivity (Wildman–Crippen MR) is 160 cm³/mol. The molecule has 0 aliphatic carbocycles. The van der Waals surface area contributed by atoms with Crippen LogP contribution in [0.1, 0.15) is 50.2 Å². The fourth-order valence-electron chi connectivity index (χ4n) is 4.32. The van der Waals surface area contributed by atoms with E-state index in [-0.39, 0.29) is 23.9 Å². The number of carboxylic acids is 1. The Labute approximate surface area is 239 Å². The largest absolute Gasteiger partial charge is 0.478 e. The summed E-state index contributed by atoms with van der Waals surface area (Å²) in [5.74, 6) is -2.36. The van der Waals surface area contributed by atoms with Gasteiger partial charge in [-0.25, -0.2) is 14.4 Å². The maximum absolute atomic E-state index is 12.8. The van der Waals surface area contributed by atoms with Crippen molar-refractivity contribution in [3.8, 4) is 0 Å². The summed E-state index contributed by atoms with van der Waals surface area (Å²) in [7, 11) is 0. The quantitative estimate of drug-likeness (QED) is 0.0621. The lowest BCUT2D eigenvalue weighted by atomic mass is 9.93. The molecule has 3 aromatic carbocycles. The van der Waals surface area contributed by atoms with E-state index >= 15 is 0 Å². The molecule has 3 N–H and O–H groups in total. The fraction of sp³-hybridized carbons (Fsp3) is 0.273. The molecule has 3 aromatic rings. The van der Waals surface area contributed by atoms with E-state index in [4.69, 9.17) is 25.1 Å². The van der Waals surface area contributed by atoms with E-state index in [1.54, 1.807) is 6.08 Å². The zero-order valence-corrected chi connectivity index (χ0v) is 23.2. The van der Waals surface area contributed by atoms with Crippen molar-refractivity contribution in [1.29, 1.82) is 5.41 Å². The van der Waals surface area contributed by atoms with Crippen LogP contribution in [0.2, 0.25) is 0 Å². The number of benzene rings is 3. The number of epoxide rings is 1. The number of hydrogen-bond acceptors (Lipinski definition) is 7. The highest BCUT2D eigenvalue weighted by molar-refractivity contribution is 6.15. The molecule has 0 amide bonds. The zero-order chi connectivity index (χ0) is 29.9. The molecule has 0 saturated carbocycles. The van der Waals surface area contributed by atoms with E-state index in [0.29, 0.717) is 37.9 Å². The van der Waals surface area contributed by atoms with Crippen molar-refractivity contribution in [1.82, 2.24) is 0 Å². The highest BCUT2D eigenvalue weighted by Gasteiger charge is 2.27. The number of carbonyl (C=O) groups is 3. The molecule has 4 rings (SSSR count). The number of aliphatic hydroxyl groups excluding tert-OH is 1. The number of fused-ring (bicyclic) bond motifs is 2. The summed E-state index contributed by atoms with van der Waals surface area (Å²) in [5, 5.41) is 28.4. The van der Waals surface area contributed by atoms with E-state index in [1.807, 2.05) is 49.4 Å². The Balaban J connectivity index is 0.000000445. The van der Waals surface area contributed by atoms with Gasteiger partial charge in [0.15, 0.2) is 0 Å². The van der Waals surface area contributed by atoms with E-state index in [9.17, 15) is 14.4 Å². The third-order valence-electron chi connectivity index (χ3n) is 6.51. The molecule has 8 heteroatoms. The number of nitrogens with one attached hydrogen (secondary N) is 1. The lowest BCUT2D eigenvalue weighted by molar-refractivity contribution is -0.154. The summed E-state index contributed by atoms with van der Waals surface area (Å²) < 4.78 is 10.2. The van der Waals surface area contributed by atoms with Crippen molar-refractivity contribution in [2.75, 3.05) is 13.2 Å². The second-order valence-corrected chi connectivity index (χ2v) is 9.70. The zero-order valence-electron chi connectivity index (χ0n) is 23.2. The number of esters is 2. The Bertz CT molecular complexity index is 1510. The van der Waals surface area contributed by atoms with Crippen LogP contribution in [-0.2, 0) is 23.9 Å². The second-order valence-electron chi connectivity index (χ2n) is 9.70. The van der Waals surface area contributed by atoms with Crippen LogP contribution in [-0.4, -0.2) is 53.7 Å². The Kier molecular flexibility index (Phi) is 11.3. The molecule has 0 bridgehead atoms. The van der Waals surface area contributed by atoms with Crippen LogP contribution in [0, 0.1) is 5.41 Å². The normalized spacial score (nSPS) is 14.1. The highest BCUT2D eigenvalue weighted by atomic mass is 16.6. The second kappa shape index (κ2) is 14.8. The van der Waals surface area contributed by atoms with E-state index < -0.39 is 17.9 Å². The van der Waals surface area contributed by atoms with Gasteiger partial charge in [-0.3, -0.25) is 0 Å². The molecular formula is C33H35NO7. The van der Waals surface area contributed by atoms with Gasteiger partial charge in [-0.1, -0.05) is 69.0 Å². The Morgan fingerprint density at radius 1 is 1.05 bits per heavy atom. The minimum atomic E-state index is -0.983. The number of ether oxygens (including phenoxy) is 2. The Morgan fingerprint density at radius 2 is 1.76 bits per heavy atom. The third-order valence-corrected chi connectivity index (χ3v) is 6.51. The molecule has 1 aliphatic rings. The molecule has 0 spiro atoms. The van der Waals surface area contributed by atoms with Crippen LogP contribution in [0.4, 0.5) is 0 Å². The SMILES string of the molecule is C=C(CC1CO1)C(=O)OC(=O)C(=Cc1cccc2cc3ccccc3c(C=N)c12)CCC.C=C(CCCO)C(=O)O. The van der Waals surface area contributed by atoms with Crippen molar-refractivity contribution in [3.63, 3.8) is 0 Å². The van der Waals surface area contributed by atoms with Crippen LogP contribution in [0.5, 0.6) is 0 Å². The molecule has 8 nitrogen and oxygen atoms in total. The molecule has 1 atom stereocenters. The molecule has 1 aliphatic heterocycles. The number of aliphatic hydroxyl groups is 1. The van der Waals surface area contributed by atoms with Gasteiger partial charge >= 0.3 is 17.9 Å². The average Bonchev–Trinajstić information content (AvgIpc) is 3.78. The minimum Gasteiger partial charge on any atom is -0.478 e. The van der Waals surface area contributed by atoms with Crippen LogP contribution in [0.3, 0.4) is 0 Å². The number of rotatable bonds is 12. The van der Waals surface area contributed by atoms with Crippen molar-refractivity contribution in [2.45, 2.75) is 45.1 Å². The van der Waals surface area contributed by atoms with Crippen LogP contribution in [0.15, 0.2) is 78.4 Å². The van der Waals surface area contributed by atoms with Crippen LogP contribution >= 0.6 is 0 Å². The molecule has 1 saturated heterocycles. The molecule has 0 aromatic heterocycles. The van der Waals surface area contributed by atoms with E-state index in [2.05, 4.69) is 19.2 Å². The Morgan fingerprint density at radius 3 is 2.39 bits per heavy atom. The maximum atomic E-state index is 12.8. The van der Waals surface area contributed by atoms with Gasteiger partial charge in [0.2, 0.25) is 0 Å². The topological polar surface area (TPSA) is 137 Å². The van der Waals surface area contributed by atoms with Gasteiger partial charge in [0.05, 0.1) is 12.7 Å². The van der Waals surface area contributed by atoms with Crippen LogP contribution in [0.25, 0.3) is 27.6 Å². The van der Waals surface area contributed by atoms with Crippen molar-refractivity contribution >= 4 is 51.7 Å². The summed E-state index contributed by atoms with van der Waals surface area (Å²) in [6.07, 6.45) is 5.53.